The first-order valence-electron chi connectivity index (χ1n) is 6.71. The molecule has 0 bridgehead atoms. The molecular weight excluding hydrogens is 292 g/mol. The fraction of sp³-hybridized carbons (Fsp3) is 0.538. The van der Waals surface area contributed by atoms with Crippen LogP contribution in [0.5, 0.6) is 0 Å². The molecule has 0 aromatic carbocycles. The predicted molar refractivity (Wildman–Crippen MR) is 77.1 cm³/mol. The van der Waals surface area contributed by atoms with Crippen molar-refractivity contribution in [1.82, 2.24) is 19.5 Å². The molecule has 21 heavy (non-hydrogen) atoms. The average molecular weight is 308 g/mol. The molecule has 1 aliphatic heterocycles. The van der Waals surface area contributed by atoms with Crippen molar-refractivity contribution < 1.29 is 9.53 Å². The molecule has 1 saturated heterocycles. The average Bonchev–Trinajstić information content (AvgIpc) is 3.05. The second-order valence-corrected chi connectivity index (χ2v) is 6.13. The third-order valence-electron chi connectivity index (χ3n) is 3.82. The molecule has 2 unspecified atom stereocenters. The summed E-state index contributed by atoms with van der Waals surface area (Å²) in [5, 5.41) is 3.93. The number of hydrogen-bond acceptors (Lipinski definition) is 7. The number of methoxy groups -OCH3 is 1. The molecule has 0 amide bonds. The number of hydrogen-bond donors (Lipinski definition) is 0. The van der Waals surface area contributed by atoms with E-state index in [1.54, 1.807) is 5.51 Å². The van der Waals surface area contributed by atoms with Crippen molar-refractivity contribution in [3.63, 3.8) is 0 Å². The monoisotopic (exact) mass is 308 g/mol. The van der Waals surface area contributed by atoms with Crippen molar-refractivity contribution in [2.45, 2.75) is 13.5 Å². The number of likely N-dealkylation sites (tertiary alicyclic amines) is 1. The van der Waals surface area contributed by atoms with Gasteiger partial charge in [0.2, 0.25) is 4.96 Å². The zero-order chi connectivity index (χ0) is 15.0. The Morgan fingerprint density at radius 3 is 3.10 bits per heavy atom. The van der Waals surface area contributed by atoms with Gasteiger partial charge in [-0.2, -0.15) is 9.61 Å². The van der Waals surface area contributed by atoms with Gasteiger partial charge in [0.15, 0.2) is 0 Å². The summed E-state index contributed by atoms with van der Waals surface area (Å²) in [4.78, 5) is 30.7. The minimum absolute atomic E-state index is 0.108. The Morgan fingerprint density at radius 2 is 2.33 bits per heavy atom. The number of rotatable bonds is 3. The van der Waals surface area contributed by atoms with Gasteiger partial charge in [-0.25, -0.2) is 4.98 Å². The summed E-state index contributed by atoms with van der Waals surface area (Å²) < 4.78 is 6.12. The summed E-state index contributed by atoms with van der Waals surface area (Å²) in [6.45, 7) is 4.03. The zero-order valence-corrected chi connectivity index (χ0v) is 12.7. The molecule has 1 aliphatic rings. The van der Waals surface area contributed by atoms with Crippen LogP contribution in [0.25, 0.3) is 4.96 Å². The largest absolute Gasteiger partial charge is 0.469 e. The number of ether oxygens (including phenoxy) is 1. The molecule has 3 rings (SSSR count). The Kier molecular flexibility index (Phi) is 3.73. The van der Waals surface area contributed by atoms with Gasteiger partial charge in [0.05, 0.1) is 18.7 Å². The second-order valence-electron chi connectivity index (χ2n) is 5.32. The maximum atomic E-state index is 11.9. The molecular formula is C13H16N4O3S. The van der Waals surface area contributed by atoms with E-state index in [0.717, 1.165) is 6.54 Å². The second kappa shape index (κ2) is 5.53. The van der Waals surface area contributed by atoms with Gasteiger partial charge in [-0.05, 0) is 5.92 Å². The number of carbonyl (C=O) groups excluding carboxylic acids is 1. The molecule has 0 N–H and O–H groups in total. The van der Waals surface area contributed by atoms with Crippen LogP contribution < -0.4 is 5.56 Å². The van der Waals surface area contributed by atoms with Gasteiger partial charge < -0.3 is 4.74 Å². The van der Waals surface area contributed by atoms with Crippen molar-refractivity contribution in [1.29, 1.82) is 0 Å². The smallest absolute Gasteiger partial charge is 0.310 e. The van der Waals surface area contributed by atoms with E-state index in [-0.39, 0.29) is 23.4 Å². The van der Waals surface area contributed by atoms with Crippen molar-refractivity contribution in [3.8, 4) is 0 Å². The predicted octanol–water partition coefficient (Wildman–Crippen LogP) is 0.392. The molecule has 0 saturated carbocycles. The number of aromatic nitrogens is 3. The maximum absolute atomic E-state index is 11.9. The highest BCUT2D eigenvalue weighted by Gasteiger charge is 2.35. The Balaban J connectivity index is 1.77. The van der Waals surface area contributed by atoms with Crippen LogP contribution in [0.15, 0.2) is 16.4 Å². The summed E-state index contributed by atoms with van der Waals surface area (Å²) in [7, 11) is 1.41. The highest BCUT2D eigenvalue weighted by atomic mass is 32.1. The van der Waals surface area contributed by atoms with E-state index in [1.807, 2.05) is 6.92 Å². The Hall–Kier alpha value is -1.80. The first-order chi connectivity index (χ1) is 10.1. The summed E-state index contributed by atoms with van der Waals surface area (Å²) in [6.07, 6.45) is 0. The van der Waals surface area contributed by atoms with E-state index in [9.17, 15) is 9.59 Å². The lowest BCUT2D eigenvalue weighted by molar-refractivity contribution is -0.146. The van der Waals surface area contributed by atoms with Gasteiger partial charge >= 0.3 is 5.97 Å². The van der Waals surface area contributed by atoms with Gasteiger partial charge in [-0.3, -0.25) is 14.5 Å². The van der Waals surface area contributed by atoms with E-state index in [1.165, 1.54) is 29.0 Å². The minimum atomic E-state index is -0.173. The van der Waals surface area contributed by atoms with E-state index < -0.39 is 0 Å². The van der Waals surface area contributed by atoms with Crippen molar-refractivity contribution in [3.05, 3.63) is 27.6 Å². The van der Waals surface area contributed by atoms with Gasteiger partial charge in [0.1, 0.15) is 5.51 Å². The molecule has 0 spiro atoms. The van der Waals surface area contributed by atoms with Crippen LogP contribution in [-0.2, 0) is 16.1 Å². The van der Waals surface area contributed by atoms with E-state index >= 15 is 0 Å². The molecule has 2 atom stereocenters. The van der Waals surface area contributed by atoms with Crippen LogP contribution in [0.2, 0.25) is 0 Å². The van der Waals surface area contributed by atoms with E-state index in [2.05, 4.69) is 15.0 Å². The lowest BCUT2D eigenvalue weighted by Gasteiger charge is -2.14. The Labute approximate surface area is 125 Å². The summed E-state index contributed by atoms with van der Waals surface area (Å²) in [5.74, 6) is -0.0372. The van der Waals surface area contributed by atoms with Crippen molar-refractivity contribution in [2.24, 2.45) is 11.8 Å². The standard InChI is InChI=1S/C13H16N4O3S/c1-8-4-16(6-10(8)12(19)20-2)5-9-3-11(18)17-13(15-9)21-7-14-17/h3,7-8,10H,4-6H2,1-2H3. The molecule has 2 aromatic rings. The molecule has 1 fully saturated rings. The Bertz CT molecular complexity index is 726. The third kappa shape index (κ3) is 2.68. The van der Waals surface area contributed by atoms with Gasteiger partial charge in [-0.1, -0.05) is 18.3 Å². The first-order valence-corrected chi connectivity index (χ1v) is 7.59. The SMILES string of the molecule is COC(=O)C1CN(Cc2cc(=O)n3ncsc3n2)CC1C. The summed E-state index contributed by atoms with van der Waals surface area (Å²) in [6, 6.07) is 1.50. The van der Waals surface area contributed by atoms with E-state index in [0.29, 0.717) is 23.7 Å². The lowest BCUT2D eigenvalue weighted by atomic mass is 9.99. The fourth-order valence-electron chi connectivity index (χ4n) is 2.77. The van der Waals surface area contributed by atoms with Crippen LogP contribution in [0.3, 0.4) is 0 Å². The molecule has 112 valence electrons. The van der Waals surface area contributed by atoms with Crippen molar-refractivity contribution in [2.75, 3.05) is 20.2 Å². The van der Waals surface area contributed by atoms with Crippen LogP contribution in [0.4, 0.5) is 0 Å². The zero-order valence-electron chi connectivity index (χ0n) is 11.9. The topological polar surface area (TPSA) is 76.8 Å². The number of carbonyl (C=O) groups is 1. The van der Waals surface area contributed by atoms with Crippen LogP contribution >= 0.6 is 11.3 Å². The quantitative estimate of drug-likeness (QED) is 0.764. The molecule has 0 radical (unpaired) electrons. The molecule has 0 aliphatic carbocycles. The highest BCUT2D eigenvalue weighted by Crippen LogP contribution is 2.25. The molecule has 3 heterocycles. The van der Waals surface area contributed by atoms with Gasteiger partial charge in [0, 0.05) is 25.7 Å². The maximum Gasteiger partial charge on any atom is 0.310 e. The third-order valence-corrected chi connectivity index (χ3v) is 4.49. The van der Waals surface area contributed by atoms with Crippen LogP contribution in [-0.4, -0.2) is 45.7 Å². The Morgan fingerprint density at radius 1 is 1.52 bits per heavy atom. The lowest BCUT2D eigenvalue weighted by Crippen LogP contribution is -2.25. The van der Waals surface area contributed by atoms with Gasteiger partial charge in [-0.15, -0.1) is 0 Å². The minimum Gasteiger partial charge on any atom is -0.469 e. The normalized spacial score (nSPS) is 22.8. The summed E-state index contributed by atoms with van der Waals surface area (Å²) >= 11 is 1.33. The highest BCUT2D eigenvalue weighted by molar-refractivity contribution is 7.14. The van der Waals surface area contributed by atoms with E-state index in [4.69, 9.17) is 4.74 Å². The first kappa shape index (κ1) is 14.2. The van der Waals surface area contributed by atoms with Crippen molar-refractivity contribution >= 4 is 22.3 Å². The van der Waals surface area contributed by atoms with Gasteiger partial charge in [0.25, 0.3) is 5.56 Å². The van der Waals surface area contributed by atoms with Crippen LogP contribution in [0, 0.1) is 11.8 Å². The number of esters is 1. The summed E-state index contributed by atoms with van der Waals surface area (Å²) in [5.41, 5.74) is 2.13. The number of nitrogens with zero attached hydrogens (tertiary/aromatic N) is 4. The van der Waals surface area contributed by atoms with Crippen LogP contribution in [0.1, 0.15) is 12.6 Å². The molecule has 7 nitrogen and oxygen atoms in total. The number of fused-ring (bicyclic) bond motifs is 1. The molecule has 2 aromatic heterocycles. The fourth-order valence-corrected chi connectivity index (χ4v) is 3.41. The molecule has 8 heteroatoms.